The van der Waals surface area contributed by atoms with Crippen LogP contribution in [-0.2, 0) is 4.79 Å². The Hall–Kier alpha value is -1.00. The SMILES string of the molecule is CC(CSc1ccccc1)C(=O)NC1CCCC1(C)CO. The normalized spacial score (nSPS) is 26.5. The van der Waals surface area contributed by atoms with Crippen LogP contribution < -0.4 is 5.32 Å². The molecule has 2 N–H and O–H groups in total. The Labute approximate surface area is 131 Å². The van der Waals surface area contributed by atoms with Gasteiger partial charge in [0, 0.05) is 28.0 Å². The monoisotopic (exact) mass is 307 g/mol. The quantitative estimate of drug-likeness (QED) is 0.794. The van der Waals surface area contributed by atoms with E-state index in [1.807, 2.05) is 25.1 Å². The highest BCUT2D eigenvalue weighted by molar-refractivity contribution is 7.99. The van der Waals surface area contributed by atoms with E-state index in [0.717, 1.165) is 25.0 Å². The van der Waals surface area contributed by atoms with Crippen molar-refractivity contribution in [1.29, 1.82) is 0 Å². The summed E-state index contributed by atoms with van der Waals surface area (Å²) in [5, 5.41) is 12.7. The number of carbonyl (C=O) groups excluding carboxylic acids is 1. The third-order valence-corrected chi connectivity index (χ3v) is 5.72. The van der Waals surface area contributed by atoms with Crippen molar-refractivity contribution in [2.75, 3.05) is 12.4 Å². The molecule has 0 bridgehead atoms. The lowest BCUT2D eigenvalue weighted by Gasteiger charge is -2.31. The highest BCUT2D eigenvalue weighted by Gasteiger charge is 2.39. The van der Waals surface area contributed by atoms with Gasteiger partial charge in [-0.25, -0.2) is 0 Å². The van der Waals surface area contributed by atoms with Crippen molar-refractivity contribution in [2.24, 2.45) is 11.3 Å². The van der Waals surface area contributed by atoms with Crippen LogP contribution in [0.3, 0.4) is 0 Å². The Morgan fingerprint density at radius 3 is 2.86 bits per heavy atom. The van der Waals surface area contributed by atoms with Gasteiger partial charge >= 0.3 is 0 Å². The lowest BCUT2D eigenvalue weighted by atomic mass is 9.85. The van der Waals surface area contributed by atoms with Gasteiger partial charge in [-0.3, -0.25) is 4.79 Å². The van der Waals surface area contributed by atoms with Gasteiger partial charge in [-0.05, 0) is 25.0 Å². The van der Waals surface area contributed by atoms with E-state index < -0.39 is 0 Å². The smallest absolute Gasteiger partial charge is 0.223 e. The van der Waals surface area contributed by atoms with E-state index in [1.165, 1.54) is 4.90 Å². The molecule has 1 aromatic carbocycles. The maximum Gasteiger partial charge on any atom is 0.223 e. The van der Waals surface area contributed by atoms with Crippen molar-refractivity contribution in [2.45, 2.75) is 44.0 Å². The summed E-state index contributed by atoms with van der Waals surface area (Å²) in [5.74, 6) is 0.849. The first-order valence-corrected chi connectivity index (χ1v) is 8.63. The van der Waals surface area contributed by atoms with Gasteiger partial charge in [-0.2, -0.15) is 0 Å². The standard InChI is InChI=1S/C17H25NO2S/c1-13(11-21-14-7-4-3-5-8-14)16(20)18-15-9-6-10-17(15,2)12-19/h3-5,7-8,13,15,19H,6,9-12H2,1-2H3,(H,18,20). The van der Waals surface area contributed by atoms with E-state index in [9.17, 15) is 9.90 Å². The fourth-order valence-electron chi connectivity index (χ4n) is 2.80. The van der Waals surface area contributed by atoms with E-state index in [2.05, 4.69) is 24.4 Å². The van der Waals surface area contributed by atoms with Crippen LogP contribution in [0.5, 0.6) is 0 Å². The van der Waals surface area contributed by atoms with Gasteiger partial charge in [-0.15, -0.1) is 11.8 Å². The van der Waals surface area contributed by atoms with Gasteiger partial charge in [0.05, 0.1) is 6.61 Å². The average Bonchev–Trinajstić information content (AvgIpc) is 2.87. The molecule has 0 aromatic heterocycles. The van der Waals surface area contributed by atoms with E-state index in [1.54, 1.807) is 11.8 Å². The van der Waals surface area contributed by atoms with Gasteiger partial charge in [-0.1, -0.05) is 38.5 Å². The summed E-state index contributed by atoms with van der Waals surface area (Å²) in [6.07, 6.45) is 3.04. The number of aliphatic hydroxyl groups excluding tert-OH is 1. The number of amides is 1. The molecule has 0 aliphatic heterocycles. The minimum Gasteiger partial charge on any atom is -0.396 e. The van der Waals surface area contributed by atoms with Crippen LogP contribution in [0.4, 0.5) is 0 Å². The minimum absolute atomic E-state index is 0.0289. The second kappa shape index (κ2) is 7.32. The first-order chi connectivity index (χ1) is 10.0. The van der Waals surface area contributed by atoms with Crippen molar-refractivity contribution >= 4 is 17.7 Å². The molecule has 1 amide bonds. The molecule has 116 valence electrons. The van der Waals surface area contributed by atoms with Crippen LogP contribution in [0.2, 0.25) is 0 Å². The molecular formula is C17H25NO2S. The predicted octanol–water partition coefficient (Wildman–Crippen LogP) is 3.08. The first-order valence-electron chi connectivity index (χ1n) is 7.64. The van der Waals surface area contributed by atoms with E-state index in [4.69, 9.17) is 0 Å². The van der Waals surface area contributed by atoms with E-state index >= 15 is 0 Å². The van der Waals surface area contributed by atoms with Crippen molar-refractivity contribution in [1.82, 2.24) is 5.32 Å². The Bertz CT molecular complexity index is 465. The van der Waals surface area contributed by atoms with Gasteiger partial charge in [0.2, 0.25) is 5.91 Å². The minimum atomic E-state index is -0.151. The number of aliphatic hydroxyl groups is 1. The van der Waals surface area contributed by atoms with Crippen LogP contribution in [0.1, 0.15) is 33.1 Å². The molecule has 1 aliphatic rings. The Kier molecular flexibility index (Phi) is 5.71. The average molecular weight is 307 g/mol. The highest BCUT2D eigenvalue weighted by Crippen LogP contribution is 2.37. The number of nitrogens with one attached hydrogen (secondary N) is 1. The molecule has 4 heteroatoms. The fraction of sp³-hybridized carbons (Fsp3) is 0.588. The molecule has 0 spiro atoms. The Morgan fingerprint density at radius 1 is 1.48 bits per heavy atom. The molecule has 1 aliphatic carbocycles. The number of hydrogen-bond acceptors (Lipinski definition) is 3. The van der Waals surface area contributed by atoms with Crippen molar-refractivity contribution in [3.63, 3.8) is 0 Å². The molecule has 3 atom stereocenters. The van der Waals surface area contributed by atoms with Crippen LogP contribution in [0, 0.1) is 11.3 Å². The maximum absolute atomic E-state index is 12.3. The number of thioether (sulfide) groups is 1. The largest absolute Gasteiger partial charge is 0.396 e. The first kappa shape index (κ1) is 16.4. The molecule has 1 saturated carbocycles. The van der Waals surface area contributed by atoms with Crippen LogP contribution in [0.25, 0.3) is 0 Å². The summed E-state index contributed by atoms with van der Waals surface area (Å²) in [6.45, 7) is 4.18. The zero-order chi connectivity index (χ0) is 15.3. The Balaban J connectivity index is 1.82. The number of carbonyl (C=O) groups is 1. The zero-order valence-electron chi connectivity index (χ0n) is 12.8. The molecule has 1 fully saturated rings. The molecular weight excluding hydrogens is 282 g/mol. The summed E-state index contributed by atoms with van der Waals surface area (Å²) >= 11 is 1.71. The molecule has 3 unspecified atom stereocenters. The van der Waals surface area contributed by atoms with Gasteiger partial charge in [0.25, 0.3) is 0 Å². The van der Waals surface area contributed by atoms with Gasteiger partial charge in [0.15, 0.2) is 0 Å². The van der Waals surface area contributed by atoms with Crippen molar-refractivity contribution in [3.8, 4) is 0 Å². The second-order valence-electron chi connectivity index (χ2n) is 6.29. The topological polar surface area (TPSA) is 49.3 Å². The molecule has 21 heavy (non-hydrogen) atoms. The summed E-state index contributed by atoms with van der Waals surface area (Å²) in [7, 11) is 0. The predicted molar refractivity (Wildman–Crippen MR) is 87.3 cm³/mol. The lowest BCUT2D eigenvalue weighted by molar-refractivity contribution is -0.125. The molecule has 3 nitrogen and oxygen atoms in total. The number of hydrogen-bond donors (Lipinski definition) is 2. The maximum atomic E-state index is 12.3. The fourth-order valence-corrected chi connectivity index (χ4v) is 3.74. The summed E-state index contributed by atoms with van der Waals surface area (Å²) in [6, 6.07) is 10.3. The molecule has 0 saturated heterocycles. The lowest BCUT2D eigenvalue weighted by Crippen LogP contribution is -2.46. The summed E-state index contributed by atoms with van der Waals surface area (Å²) in [5.41, 5.74) is -0.151. The van der Waals surface area contributed by atoms with Crippen molar-refractivity contribution in [3.05, 3.63) is 30.3 Å². The number of rotatable bonds is 6. The second-order valence-corrected chi connectivity index (χ2v) is 7.38. The van der Waals surface area contributed by atoms with Gasteiger partial charge in [0.1, 0.15) is 0 Å². The molecule has 0 radical (unpaired) electrons. The van der Waals surface area contributed by atoms with E-state index in [0.29, 0.717) is 0 Å². The van der Waals surface area contributed by atoms with Crippen LogP contribution >= 0.6 is 11.8 Å². The third-order valence-electron chi connectivity index (χ3n) is 4.45. The number of benzene rings is 1. The van der Waals surface area contributed by atoms with Gasteiger partial charge < -0.3 is 10.4 Å². The van der Waals surface area contributed by atoms with Crippen molar-refractivity contribution < 1.29 is 9.90 Å². The zero-order valence-corrected chi connectivity index (χ0v) is 13.7. The summed E-state index contributed by atoms with van der Waals surface area (Å²) < 4.78 is 0. The Morgan fingerprint density at radius 2 is 2.19 bits per heavy atom. The molecule has 1 aromatic rings. The molecule has 0 heterocycles. The van der Waals surface area contributed by atoms with E-state index in [-0.39, 0.29) is 29.9 Å². The molecule has 2 rings (SSSR count). The van der Waals surface area contributed by atoms with Crippen LogP contribution in [-0.4, -0.2) is 29.4 Å². The van der Waals surface area contributed by atoms with Crippen LogP contribution in [0.15, 0.2) is 35.2 Å². The summed E-state index contributed by atoms with van der Waals surface area (Å²) in [4.78, 5) is 13.5. The highest BCUT2D eigenvalue weighted by atomic mass is 32.2. The third kappa shape index (κ3) is 4.24.